The summed E-state index contributed by atoms with van der Waals surface area (Å²) in [6, 6.07) is 10.6. The van der Waals surface area contributed by atoms with Gasteiger partial charge in [0, 0.05) is 17.4 Å². The zero-order valence-corrected chi connectivity index (χ0v) is 15.6. The highest BCUT2D eigenvalue weighted by atomic mass is 32.2. The quantitative estimate of drug-likeness (QED) is 0.652. The van der Waals surface area contributed by atoms with Crippen LogP contribution in [0.2, 0.25) is 0 Å². The largest absolute Gasteiger partial charge is 0.489 e. The predicted molar refractivity (Wildman–Crippen MR) is 99.9 cm³/mol. The molecule has 0 spiro atoms. The Labute approximate surface area is 148 Å². The van der Waals surface area contributed by atoms with E-state index < -0.39 is 0 Å². The Morgan fingerprint density at radius 3 is 2.50 bits per heavy atom. The topological polar surface area (TPSA) is 26.3 Å². The minimum Gasteiger partial charge on any atom is -0.489 e. The summed E-state index contributed by atoms with van der Waals surface area (Å²) in [6.45, 7) is 8.45. The van der Waals surface area contributed by atoms with E-state index in [4.69, 9.17) is 4.74 Å². The summed E-state index contributed by atoms with van der Waals surface area (Å²) in [5, 5.41) is 0.117. The number of hydrogen-bond acceptors (Lipinski definition) is 3. The first-order valence-electron chi connectivity index (χ1n) is 8.46. The van der Waals surface area contributed by atoms with E-state index in [9.17, 15) is 4.79 Å². The summed E-state index contributed by atoms with van der Waals surface area (Å²) in [5.74, 6) is 1.57. The van der Waals surface area contributed by atoms with Crippen LogP contribution >= 0.6 is 11.8 Å². The molecular formula is C21H24O2S. The molecule has 3 heteroatoms. The molecule has 24 heavy (non-hydrogen) atoms. The molecule has 0 unspecified atom stereocenters. The van der Waals surface area contributed by atoms with Crippen LogP contribution in [-0.4, -0.2) is 5.12 Å². The molecule has 0 amide bonds. The van der Waals surface area contributed by atoms with Crippen molar-refractivity contribution >= 4 is 16.9 Å². The van der Waals surface area contributed by atoms with E-state index in [-0.39, 0.29) is 5.12 Å². The Bertz CT molecular complexity index is 776. The summed E-state index contributed by atoms with van der Waals surface area (Å²) in [6.07, 6.45) is 2.48. The Hall–Kier alpha value is -1.74. The molecule has 2 aromatic rings. The van der Waals surface area contributed by atoms with Crippen molar-refractivity contribution in [2.24, 2.45) is 0 Å². The van der Waals surface area contributed by atoms with Crippen molar-refractivity contribution < 1.29 is 9.53 Å². The lowest BCUT2D eigenvalue weighted by Crippen LogP contribution is -2.04. The third-order valence-electron chi connectivity index (χ3n) is 4.60. The zero-order valence-electron chi connectivity index (χ0n) is 14.8. The van der Waals surface area contributed by atoms with Crippen molar-refractivity contribution in [3.63, 3.8) is 0 Å². The van der Waals surface area contributed by atoms with E-state index in [1.54, 1.807) is 6.92 Å². The molecule has 0 saturated heterocycles. The lowest BCUT2D eigenvalue weighted by atomic mass is 10.0. The van der Waals surface area contributed by atoms with E-state index in [1.165, 1.54) is 46.9 Å². The lowest BCUT2D eigenvalue weighted by Gasteiger charge is -2.16. The highest BCUT2D eigenvalue weighted by molar-refractivity contribution is 8.13. The first kappa shape index (κ1) is 17.1. The molecule has 0 aliphatic heterocycles. The molecule has 1 saturated carbocycles. The molecule has 0 heterocycles. The Kier molecular flexibility index (Phi) is 5.00. The first-order chi connectivity index (χ1) is 11.5. The van der Waals surface area contributed by atoms with Crippen LogP contribution in [0, 0.1) is 20.8 Å². The second kappa shape index (κ2) is 7.02. The summed E-state index contributed by atoms with van der Waals surface area (Å²) in [4.78, 5) is 12.6. The molecule has 0 bridgehead atoms. The van der Waals surface area contributed by atoms with E-state index in [1.807, 2.05) is 6.07 Å². The van der Waals surface area contributed by atoms with Gasteiger partial charge in [-0.15, -0.1) is 0 Å². The maximum Gasteiger partial charge on any atom is 0.190 e. The van der Waals surface area contributed by atoms with Crippen molar-refractivity contribution in [1.29, 1.82) is 0 Å². The first-order valence-corrected chi connectivity index (χ1v) is 9.28. The van der Waals surface area contributed by atoms with Crippen LogP contribution < -0.4 is 4.74 Å². The minimum atomic E-state index is 0.117. The number of ether oxygens (including phenoxy) is 1. The fraction of sp³-hybridized carbons (Fsp3) is 0.381. The fourth-order valence-electron chi connectivity index (χ4n) is 3.00. The second-order valence-electron chi connectivity index (χ2n) is 6.68. The van der Waals surface area contributed by atoms with Crippen LogP contribution in [0.1, 0.15) is 53.5 Å². The van der Waals surface area contributed by atoms with Gasteiger partial charge in [0.05, 0.1) is 0 Å². The number of carbonyl (C=O) groups is 1. The van der Waals surface area contributed by atoms with Gasteiger partial charge in [-0.05, 0) is 73.9 Å². The monoisotopic (exact) mass is 340 g/mol. The lowest BCUT2D eigenvalue weighted by molar-refractivity contribution is -0.109. The highest BCUT2D eigenvalue weighted by Crippen LogP contribution is 2.44. The molecule has 3 rings (SSSR count). The van der Waals surface area contributed by atoms with Crippen LogP contribution in [0.3, 0.4) is 0 Å². The maximum atomic E-state index is 11.6. The summed E-state index contributed by atoms with van der Waals surface area (Å²) in [7, 11) is 0. The molecule has 126 valence electrons. The zero-order chi connectivity index (χ0) is 17.3. The fourth-order valence-corrected chi connectivity index (χ4v) is 3.76. The number of rotatable bonds is 5. The average molecular weight is 340 g/mol. The third kappa shape index (κ3) is 3.84. The second-order valence-corrected chi connectivity index (χ2v) is 7.90. The Balaban J connectivity index is 1.88. The van der Waals surface area contributed by atoms with Crippen LogP contribution in [0.4, 0.5) is 0 Å². The van der Waals surface area contributed by atoms with Crippen LogP contribution in [0.5, 0.6) is 5.75 Å². The number of thioether (sulfide) groups is 1. The third-order valence-corrected chi connectivity index (χ3v) is 5.49. The number of aryl methyl sites for hydroxylation is 3. The van der Waals surface area contributed by atoms with Crippen LogP contribution in [0.15, 0.2) is 35.2 Å². The minimum absolute atomic E-state index is 0.117. The molecule has 0 radical (unpaired) electrons. The maximum absolute atomic E-state index is 11.6. The molecule has 2 nitrogen and oxygen atoms in total. The van der Waals surface area contributed by atoms with Gasteiger partial charge in [-0.3, -0.25) is 4.79 Å². The van der Waals surface area contributed by atoms with E-state index in [0.29, 0.717) is 12.5 Å². The summed E-state index contributed by atoms with van der Waals surface area (Å²) >= 11 is 1.31. The smallest absolute Gasteiger partial charge is 0.190 e. The molecule has 1 aliphatic rings. The average Bonchev–Trinajstić information content (AvgIpc) is 3.34. The van der Waals surface area contributed by atoms with Gasteiger partial charge in [0.15, 0.2) is 5.12 Å². The summed E-state index contributed by atoms with van der Waals surface area (Å²) < 4.78 is 6.17. The predicted octanol–water partition coefficient (Wildman–Crippen LogP) is 5.71. The van der Waals surface area contributed by atoms with Gasteiger partial charge >= 0.3 is 0 Å². The van der Waals surface area contributed by atoms with Crippen molar-refractivity contribution in [2.45, 2.75) is 58.0 Å². The van der Waals surface area contributed by atoms with E-state index >= 15 is 0 Å². The Morgan fingerprint density at radius 2 is 1.83 bits per heavy atom. The molecule has 0 N–H and O–H groups in total. The number of carbonyl (C=O) groups excluding carboxylic acids is 1. The van der Waals surface area contributed by atoms with Gasteiger partial charge in [0.25, 0.3) is 0 Å². The molecular weight excluding hydrogens is 316 g/mol. The van der Waals surface area contributed by atoms with Crippen molar-refractivity contribution in [1.82, 2.24) is 0 Å². The van der Waals surface area contributed by atoms with Gasteiger partial charge in [-0.25, -0.2) is 0 Å². The molecule has 1 aliphatic carbocycles. The van der Waals surface area contributed by atoms with Crippen LogP contribution in [0.25, 0.3) is 0 Å². The van der Waals surface area contributed by atoms with Gasteiger partial charge < -0.3 is 4.74 Å². The summed E-state index contributed by atoms with van der Waals surface area (Å²) in [5.41, 5.74) is 6.21. The molecule has 0 atom stereocenters. The van der Waals surface area contributed by atoms with Gasteiger partial charge in [-0.1, -0.05) is 30.0 Å². The standard InChI is InChI=1S/C21H24O2S/c1-13-10-15(3)20(11-14(13)2)23-12-19-18(17-8-9-17)6-5-7-21(19)24-16(4)22/h5-7,10-11,17H,8-9,12H2,1-4H3. The van der Waals surface area contributed by atoms with Gasteiger partial charge in [0.2, 0.25) is 0 Å². The van der Waals surface area contributed by atoms with E-state index in [0.717, 1.165) is 16.2 Å². The van der Waals surface area contributed by atoms with Crippen LogP contribution in [-0.2, 0) is 11.4 Å². The van der Waals surface area contributed by atoms with Crippen molar-refractivity contribution in [3.05, 3.63) is 58.1 Å². The van der Waals surface area contributed by atoms with Crippen molar-refractivity contribution in [2.75, 3.05) is 0 Å². The van der Waals surface area contributed by atoms with E-state index in [2.05, 4.69) is 45.0 Å². The van der Waals surface area contributed by atoms with Crippen molar-refractivity contribution in [3.8, 4) is 5.75 Å². The SMILES string of the molecule is CC(=O)Sc1cccc(C2CC2)c1COc1cc(C)c(C)cc1C. The number of hydrogen-bond donors (Lipinski definition) is 0. The molecule has 2 aromatic carbocycles. The highest BCUT2D eigenvalue weighted by Gasteiger charge is 2.27. The molecule has 0 aromatic heterocycles. The van der Waals surface area contributed by atoms with Gasteiger partial charge in [-0.2, -0.15) is 0 Å². The number of benzene rings is 2. The Morgan fingerprint density at radius 1 is 1.12 bits per heavy atom. The molecule has 1 fully saturated rings. The van der Waals surface area contributed by atoms with Gasteiger partial charge in [0.1, 0.15) is 12.4 Å². The normalized spacial score (nSPS) is 13.8.